The first-order valence-corrected chi connectivity index (χ1v) is 10.6. The Balaban J connectivity index is 0.000000319. The van der Waals surface area contributed by atoms with Crippen LogP contribution in [0.15, 0.2) is 95.7 Å². The van der Waals surface area contributed by atoms with Gasteiger partial charge in [-0.1, -0.05) is 12.1 Å². The standard InChI is InChI=1S/C12H11N7.C6H5N3.C6H4N2.H2N2.H2/c13-8-4-5-10(15-7-8)12-18-16-11(17-19-12)9-3-1-2-6-14-9;7-3-6-2-1-5(8)4-9-6;7-5-6-3-1-2-4-8-6;1-2;/h1-7H,13H2,(H,16,17)(H,18,19);1-2,4H,8H2;1-4H;1-2H;1H. The van der Waals surface area contributed by atoms with E-state index in [9.17, 15) is 0 Å². The maximum absolute atomic E-state index is 8.28. The average Bonchev–Trinajstić information content (AvgIpc) is 3.01. The monoisotopic (exact) mass is 508 g/mol. The first-order valence-electron chi connectivity index (χ1n) is 10.6. The van der Waals surface area contributed by atoms with Gasteiger partial charge in [0.1, 0.15) is 34.9 Å². The minimum absolute atomic E-state index is 0. The molecule has 4 aromatic rings. The van der Waals surface area contributed by atoms with Crippen LogP contribution in [0.3, 0.4) is 0 Å². The van der Waals surface area contributed by atoms with Crippen LogP contribution in [0.1, 0.15) is 24.2 Å². The molecular weight excluding hydrogens is 484 g/mol. The number of rotatable bonds is 2. The van der Waals surface area contributed by atoms with Gasteiger partial charge in [0.25, 0.3) is 0 Å². The lowest BCUT2D eigenvalue weighted by molar-refractivity contribution is 0.873. The van der Waals surface area contributed by atoms with Gasteiger partial charge >= 0.3 is 0 Å². The molecule has 0 aromatic carbocycles. The molecule has 0 saturated heterocycles. The van der Waals surface area contributed by atoms with Gasteiger partial charge in [-0.25, -0.2) is 21.0 Å². The van der Waals surface area contributed by atoms with Crippen molar-refractivity contribution >= 4 is 23.0 Å². The molecule has 14 heteroatoms. The van der Waals surface area contributed by atoms with Gasteiger partial charge in [-0.2, -0.15) is 20.7 Å². The molecule has 4 aromatic heterocycles. The van der Waals surface area contributed by atoms with Crippen molar-refractivity contribution in [2.24, 2.45) is 10.2 Å². The number of nitriles is 2. The second kappa shape index (κ2) is 15.6. The Kier molecular flexibility index (Phi) is 11.5. The Morgan fingerprint density at radius 1 is 0.632 bits per heavy atom. The Morgan fingerprint density at radius 2 is 1.16 bits per heavy atom. The number of aromatic nitrogens is 4. The molecule has 14 nitrogen and oxygen atoms in total. The number of pyridine rings is 4. The van der Waals surface area contributed by atoms with E-state index in [2.05, 4.69) is 41.0 Å². The summed E-state index contributed by atoms with van der Waals surface area (Å²) in [6, 6.07) is 21.3. The van der Waals surface area contributed by atoms with E-state index in [0.717, 1.165) is 0 Å². The SMILES string of the molecule is N#Cc1ccc(N)cn1.N#Cc1ccccn1.N=N.Nc1ccc(C2=NNC(c3ccccn3)=NN2)nc1.[HH]. The van der Waals surface area contributed by atoms with Gasteiger partial charge in [0.05, 0.1) is 23.8 Å². The second-order valence-corrected chi connectivity index (χ2v) is 6.75. The summed E-state index contributed by atoms with van der Waals surface area (Å²) in [6.07, 6.45) is 6.31. The Labute approximate surface area is 219 Å². The number of anilines is 2. The third-order valence-corrected chi connectivity index (χ3v) is 4.16. The largest absolute Gasteiger partial charge is 0.397 e. The normalized spacial score (nSPS) is 10.7. The quantitative estimate of drug-likeness (QED) is 0.216. The summed E-state index contributed by atoms with van der Waals surface area (Å²) in [4.78, 5) is 15.8. The average molecular weight is 509 g/mol. The number of nitrogen functional groups attached to an aromatic ring is 2. The Hall–Kier alpha value is -6.28. The topological polar surface area (TPSA) is 248 Å². The number of hydrazone groups is 2. The van der Waals surface area contributed by atoms with Crippen LogP contribution in [-0.2, 0) is 0 Å². The summed E-state index contributed by atoms with van der Waals surface area (Å²) < 4.78 is 0. The number of nitrogens with one attached hydrogen (secondary N) is 4. The minimum Gasteiger partial charge on any atom is -0.397 e. The molecule has 0 unspecified atom stereocenters. The molecule has 0 spiro atoms. The zero-order valence-electron chi connectivity index (χ0n) is 19.8. The van der Waals surface area contributed by atoms with Crippen LogP contribution in [0.4, 0.5) is 11.4 Å². The highest BCUT2D eigenvalue weighted by atomic mass is 15.5. The second-order valence-electron chi connectivity index (χ2n) is 6.75. The van der Waals surface area contributed by atoms with E-state index >= 15 is 0 Å². The van der Waals surface area contributed by atoms with E-state index in [0.29, 0.717) is 45.8 Å². The van der Waals surface area contributed by atoms with E-state index in [-0.39, 0.29) is 1.43 Å². The highest BCUT2D eigenvalue weighted by Crippen LogP contribution is 2.04. The maximum Gasteiger partial charge on any atom is 0.192 e. The highest BCUT2D eigenvalue weighted by molar-refractivity contribution is 6.04. The number of nitrogens with two attached hydrogens (primary N) is 2. The number of hydrogen-bond acceptors (Lipinski definition) is 14. The van der Waals surface area contributed by atoms with Crippen molar-refractivity contribution in [3.63, 3.8) is 0 Å². The highest BCUT2D eigenvalue weighted by Gasteiger charge is 2.12. The van der Waals surface area contributed by atoms with E-state index in [1.165, 1.54) is 6.20 Å². The smallest absolute Gasteiger partial charge is 0.192 e. The molecule has 0 fully saturated rings. The predicted molar refractivity (Wildman–Crippen MR) is 142 cm³/mol. The third-order valence-electron chi connectivity index (χ3n) is 4.16. The molecule has 5 heterocycles. The molecule has 5 rings (SSSR count). The lowest BCUT2D eigenvalue weighted by Gasteiger charge is -2.13. The van der Waals surface area contributed by atoms with Gasteiger partial charge in [-0.15, -0.1) is 0 Å². The summed E-state index contributed by atoms with van der Waals surface area (Å²) in [6.45, 7) is 0. The van der Waals surface area contributed by atoms with Crippen molar-refractivity contribution < 1.29 is 1.43 Å². The molecule has 0 amide bonds. The van der Waals surface area contributed by atoms with Crippen LogP contribution in [0.5, 0.6) is 0 Å². The summed E-state index contributed by atoms with van der Waals surface area (Å²) in [5, 5.41) is 24.8. The summed E-state index contributed by atoms with van der Waals surface area (Å²) >= 11 is 0. The first kappa shape index (κ1) is 28.0. The van der Waals surface area contributed by atoms with E-state index in [1.807, 2.05) is 30.3 Å². The fourth-order valence-electron chi connectivity index (χ4n) is 2.45. The number of hydrogen-bond donors (Lipinski definition) is 6. The molecule has 0 saturated carbocycles. The predicted octanol–water partition coefficient (Wildman–Crippen LogP) is 2.61. The third kappa shape index (κ3) is 9.16. The fraction of sp³-hybridized carbons (Fsp3) is 0. The van der Waals surface area contributed by atoms with Crippen molar-refractivity contribution in [3.05, 3.63) is 108 Å². The van der Waals surface area contributed by atoms with Crippen LogP contribution in [0.2, 0.25) is 0 Å². The molecular formula is C24H24N14. The molecule has 1 aliphatic heterocycles. The fourth-order valence-corrected chi connectivity index (χ4v) is 2.45. The van der Waals surface area contributed by atoms with Crippen LogP contribution in [0.25, 0.3) is 0 Å². The Morgan fingerprint density at radius 3 is 1.55 bits per heavy atom. The van der Waals surface area contributed by atoms with Gasteiger partial charge < -0.3 is 11.5 Å². The first-order chi connectivity index (χ1) is 18.6. The molecule has 0 bridgehead atoms. The van der Waals surface area contributed by atoms with Crippen molar-refractivity contribution in [2.45, 2.75) is 0 Å². The van der Waals surface area contributed by atoms with Crippen molar-refractivity contribution in [3.8, 4) is 12.1 Å². The van der Waals surface area contributed by atoms with Crippen molar-refractivity contribution in [1.29, 1.82) is 21.6 Å². The summed E-state index contributed by atoms with van der Waals surface area (Å²) in [7, 11) is 0. The molecule has 190 valence electrons. The van der Waals surface area contributed by atoms with Crippen molar-refractivity contribution in [1.82, 2.24) is 30.8 Å². The molecule has 0 atom stereocenters. The van der Waals surface area contributed by atoms with E-state index in [1.54, 1.807) is 61.1 Å². The van der Waals surface area contributed by atoms with E-state index in [4.69, 9.17) is 33.1 Å². The Bertz CT molecular complexity index is 1410. The van der Waals surface area contributed by atoms with Crippen LogP contribution < -0.4 is 22.3 Å². The van der Waals surface area contributed by atoms with Crippen LogP contribution >= 0.6 is 0 Å². The van der Waals surface area contributed by atoms with Gasteiger partial charge in [0, 0.05) is 13.8 Å². The molecule has 0 aliphatic carbocycles. The van der Waals surface area contributed by atoms with Gasteiger partial charge in [-0.05, 0) is 48.5 Å². The molecule has 38 heavy (non-hydrogen) atoms. The minimum atomic E-state index is 0. The molecule has 8 N–H and O–H groups in total. The zero-order chi connectivity index (χ0) is 27.6. The van der Waals surface area contributed by atoms with Crippen LogP contribution in [0, 0.1) is 33.7 Å². The van der Waals surface area contributed by atoms with Gasteiger partial charge in [0.15, 0.2) is 11.7 Å². The summed E-state index contributed by atoms with van der Waals surface area (Å²) in [5.41, 5.74) is 30.0. The van der Waals surface area contributed by atoms with E-state index < -0.39 is 0 Å². The van der Waals surface area contributed by atoms with Gasteiger partial charge in [-0.3, -0.25) is 20.8 Å². The number of amidine groups is 2. The zero-order valence-corrected chi connectivity index (χ0v) is 19.8. The summed E-state index contributed by atoms with van der Waals surface area (Å²) in [5.74, 6) is 1.08. The van der Waals surface area contributed by atoms with Crippen molar-refractivity contribution in [2.75, 3.05) is 11.5 Å². The molecule has 1 aliphatic rings. The van der Waals surface area contributed by atoms with Crippen LogP contribution in [-0.4, -0.2) is 31.6 Å². The molecule has 0 radical (unpaired) electrons. The lowest BCUT2D eigenvalue weighted by atomic mass is 10.3. The van der Waals surface area contributed by atoms with Gasteiger partial charge in [0.2, 0.25) is 0 Å². The lowest BCUT2D eigenvalue weighted by Crippen LogP contribution is -2.35. The maximum atomic E-state index is 8.28. The number of nitrogens with zero attached hydrogens (tertiary/aromatic N) is 8.